The van der Waals surface area contributed by atoms with Crippen LogP contribution in [0.2, 0.25) is 0 Å². The van der Waals surface area contributed by atoms with Crippen molar-refractivity contribution in [3.8, 4) is 0 Å². The molecule has 5 nitrogen and oxygen atoms in total. The minimum atomic E-state index is -0.252. The van der Waals surface area contributed by atoms with E-state index in [1.165, 1.54) is 17.8 Å². The number of ether oxygens (including phenoxy) is 1. The van der Waals surface area contributed by atoms with Crippen LogP contribution in [0.1, 0.15) is 24.3 Å². The van der Waals surface area contributed by atoms with E-state index in [1.54, 1.807) is 19.2 Å². The largest absolute Gasteiger partial charge is 0.375 e. The van der Waals surface area contributed by atoms with Gasteiger partial charge in [0.05, 0.1) is 13.1 Å². The molecule has 1 atom stereocenters. The zero-order chi connectivity index (χ0) is 18.2. The van der Waals surface area contributed by atoms with Gasteiger partial charge in [0.25, 0.3) is 0 Å². The summed E-state index contributed by atoms with van der Waals surface area (Å²) >= 11 is 0. The smallest absolute Gasteiger partial charge is 0.194 e. The summed E-state index contributed by atoms with van der Waals surface area (Å²) < 4.78 is 20.7. The number of halogens is 1. The van der Waals surface area contributed by atoms with Gasteiger partial charge in [0, 0.05) is 39.6 Å². The van der Waals surface area contributed by atoms with Crippen LogP contribution in [0, 0.1) is 5.82 Å². The Morgan fingerprint density at radius 1 is 1.32 bits per heavy atom. The van der Waals surface area contributed by atoms with E-state index in [0.29, 0.717) is 6.54 Å². The lowest BCUT2D eigenvalue weighted by molar-refractivity contribution is 0.110. The highest BCUT2D eigenvalue weighted by molar-refractivity contribution is 5.79. The van der Waals surface area contributed by atoms with Gasteiger partial charge >= 0.3 is 0 Å². The van der Waals surface area contributed by atoms with Crippen LogP contribution in [0.15, 0.2) is 47.6 Å². The van der Waals surface area contributed by atoms with Crippen LogP contribution < -0.4 is 5.32 Å². The number of aromatic nitrogens is 1. The van der Waals surface area contributed by atoms with Crippen LogP contribution in [0.3, 0.4) is 0 Å². The van der Waals surface area contributed by atoms with Crippen molar-refractivity contribution in [1.29, 1.82) is 0 Å². The van der Waals surface area contributed by atoms with E-state index in [0.717, 1.165) is 24.6 Å². The van der Waals surface area contributed by atoms with Crippen molar-refractivity contribution in [2.45, 2.75) is 19.6 Å². The summed E-state index contributed by atoms with van der Waals surface area (Å²) in [6, 6.07) is 10.5. The van der Waals surface area contributed by atoms with Gasteiger partial charge < -0.3 is 19.5 Å². The molecule has 0 aliphatic rings. The van der Waals surface area contributed by atoms with Crippen molar-refractivity contribution in [2.24, 2.45) is 12.0 Å². The molecule has 2 rings (SSSR count). The number of nitrogens with one attached hydrogen (secondary N) is 1. The lowest BCUT2D eigenvalue weighted by Gasteiger charge is -2.23. The molecule has 0 aliphatic heterocycles. The second kappa shape index (κ2) is 9.22. The van der Waals surface area contributed by atoms with Crippen LogP contribution in [0.5, 0.6) is 0 Å². The Kier molecular flexibility index (Phi) is 7.01. The average molecular weight is 346 g/mol. The van der Waals surface area contributed by atoms with Crippen LogP contribution in [-0.4, -0.2) is 42.7 Å². The molecule has 1 aromatic carbocycles. The van der Waals surface area contributed by atoms with Gasteiger partial charge in [-0.3, -0.25) is 4.99 Å². The molecule has 1 unspecified atom stereocenters. The first-order valence-electron chi connectivity index (χ1n) is 8.43. The van der Waals surface area contributed by atoms with Gasteiger partial charge in [0.1, 0.15) is 11.9 Å². The van der Waals surface area contributed by atoms with Gasteiger partial charge in [-0.25, -0.2) is 4.39 Å². The number of methoxy groups -OCH3 is 1. The quantitative estimate of drug-likeness (QED) is 0.619. The molecule has 6 heteroatoms. The molecule has 0 amide bonds. The zero-order valence-corrected chi connectivity index (χ0v) is 15.4. The van der Waals surface area contributed by atoms with E-state index in [-0.39, 0.29) is 11.9 Å². The van der Waals surface area contributed by atoms with Crippen LogP contribution in [0.25, 0.3) is 0 Å². The van der Waals surface area contributed by atoms with Crippen LogP contribution >= 0.6 is 0 Å². The first-order chi connectivity index (χ1) is 12.0. The lowest BCUT2D eigenvalue weighted by atomic mass is 10.1. The topological polar surface area (TPSA) is 41.8 Å². The minimum absolute atomic E-state index is 0.210. The molecular formula is C19H27FN4O. The van der Waals surface area contributed by atoms with Crippen molar-refractivity contribution in [3.05, 3.63) is 59.7 Å². The number of aryl methyl sites for hydroxylation is 1. The number of benzene rings is 1. The Morgan fingerprint density at radius 2 is 2.04 bits per heavy atom. The Hall–Kier alpha value is -2.34. The third-order valence-electron chi connectivity index (χ3n) is 4.08. The summed E-state index contributed by atoms with van der Waals surface area (Å²) in [4.78, 5) is 6.78. The van der Waals surface area contributed by atoms with E-state index in [4.69, 9.17) is 9.73 Å². The molecule has 0 spiro atoms. The van der Waals surface area contributed by atoms with Crippen molar-refractivity contribution in [3.63, 3.8) is 0 Å². The maximum absolute atomic E-state index is 13.1. The maximum atomic E-state index is 13.1. The van der Waals surface area contributed by atoms with Crippen LogP contribution in [0.4, 0.5) is 4.39 Å². The molecular weight excluding hydrogens is 319 g/mol. The molecule has 136 valence electrons. The van der Waals surface area contributed by atoms with E-state index < -0.39 is 0 Å². The Bertz CT molecular complexity index is 681. The van der Waals surface area contributed by atoms with E-state index >= 15 is 0 Å². The summed E-state index contributed by atoms with van der Waals surface area (Å²) in [5.41, 5.74) is 2.11. The van der Waals surface area contributed by atoms with Gasteiger partial charge in [0.2, 0.25) is 0 Å². The van der Waals surface area contributed by atoms with Gasteiger partial charge in [-0.05, 0) is 36.8 Å². The molecule has 2 aromatic rings. The molecule has 0 saturated heterocycles. The number of guanidine groups is 1. The fraction of sp³-hybridized carbons (Fsp3) is 0.421. The molecule has 0 bridgehead atoms. The summed E-state index contributed by atoms with van der Waals surface area (Å²) in [6.07, 6.45) is 1.82. The fourth-order valence-corrected chi connectivity index (χ4v) is 2.61. The minimum Gasteiger partial charge on any atom is -0.375 e. The summed E-state index contributed by atoms with van der Waals surface area (Å²) in [5, 5.41) is 3.31. The first kappa shape index (κ1) is 19.0. The third-order valence-corrected chi connectivity index (χ3v) is 4.08. The molecule has 1 aromatic heterocycles. The van der Waals surface area contributed by atoms with Crippen LogP contribution in [-0.2, 0) is 18.3 Å². The molecule has 25 heavy (non-hydrogen) atoms. The predicted octanol–water partition coefficient (Wildman–Crippen LogP) is 2.95. The van der Waals surface area contributed by atoms with E-state index in [9.17, 15) is 4.39 Å². The van der Waals surface area contributed by atoms with Crippen molar-refractivity contribution in [2.75, 3.05) is 27.2 Å². The third kappa shape index (κ3) is 5.32. The maximum Gasteiger partial charge on any atom is 0.194 e. The molecule has 1 heterocycles. The molecule has 0 saturated carbocycles. The van der Waals surface area contributed by atoms with Gasteiger partial charge in [-0.2, -0.15) is 0 Å². The van der Waals surface area contributed by atoms with Crippen molar-refractivity contribution in [1.82, 2.24) is 14.8 Å². The van der Waals surface area contributed by atoms with Crippen molar-refractivity contribution >= 4 is 5.96 Å². The lowest BCUT2D eigenvalue weighted by Crippen LogP contribution is -2.39. The Labute approximate surface area is 149 Å². The Balaban J connectivity index is 2.09. The highest BCUT2D eigenvalue weighted by atomic mass is 19.1. The second-order valence-electron chi connectivity index (χ2n) is 5.94. The number of hydrogen-bond donors (Lipinski definition) is 1. The van der Waals surface area contributed by atoms with E-state index in [1.807, 2.05) is 33.3 Å². The van der Waals surface area contributed by atoms with Crippen molar-refractivity contribution < 1.29 is 9.13 Å². The SMILES string of the molecule is CCNC(=NCC(OC)c1ccc(F)cc1)N(C)Cc1cccn1C. The molecule has 1 N–H and O–H groups in total. The normalized spacial score (nSPS) is 12.9. The predicted molar refractivity (Wildman–Crippen MR) is 99.0 cm³/mol. The van der Waals surface area contributed by atoms with Gasteiger partial charge in [-0.1, -0.05) is 12.1 Å². The summed E-state index contributed by atoms with van der Waals surface area (Å²) in [6.45, 7) is 4.04. The first-order valence-corrected chi connectivity index (χ1v) is 8.43. The standard InChI is InChI=1S/C19H27FN4O/c1-5-21-19(24(3)14-17-7-6-12-23(17)2)22-13-18(25-4)15-8-10-16(20)11-9-15/h6-12,18H,5,13-14H2,1-4H3,(H,21,22). The highest BCUT2D eigenvalue weighted by Crippen LogP contribution is 2.17. The van der Waals surface area contributed by atoms with Gasteiger partial charge in [0.15, 0.2) is 5.96 Å². The molecule has 0 radical (unpaired) electrons. The number of nitrogens with zero attached hydrogens (tertiary/aromatic N) is 3. The van der Waals surface area contributed by atoms with Gasteiger partial charge in [-0.15, -0.1) is 0 Å². The highest BCUT2D eigenvalue weighted by Gasteiger charge is 2.13. The molecule has 0 fully saturated rings. The zero-order valence-electron chi connectivity index (χ0n) is 15.4. The number of hydrogen-bond acceptors (Lipinski definition) is 2. The monoisotopic (exact) mass is 346 g/mol. The number of aliphatic imine (C=N–C) groups is 1. The fourth-order valence-electron chi connectivity index (χ4n) is 2.61. The average Bonchev–Trinajstić information content (AvgIpc) is 3.00. The summed E-state index contributed by atoms with van der Waals surface area (Å²) in [7, 11) is 5.68. The Morgan fingerprint density at radius 3 is 2.60 bits per heavy atom. The second-order valence-corrected chi connectivity index (χ2v) is 5.94. The van der Waals surface area contributed by atoms with E-state index in [2.05, 4.69) is 20.9 Å². The molecule has 0 aliphatic carbocycles. The summed E-state index contributed by atoms with van der Waals surface area (Å²) in [5.74, 6) is 0.561. The number of rotatable bonds is 7.